The Kier molecular flexibility index (Phi) is 6.97. The van der Waals surface area contributed by atoms with E-state index in [1.807, 2.05) is 0 Å². The maximum atomic E-state index is 14.4. The fourth-order valence-electron chi connectivity index (χ4n) is 3.00. The van der Waals surface area contributed by atoms with E-state index >= 15 is 0 Å². The molecule has 1 aromatic carbocycles. The molecule has 4 aromatic rings. The van der Waals surface area contributed by atoms with Crippen LogP contribution < -0.4 is 5.73 Å². The molecule has 4 rings (SSSR count). The molecule has 3 heterocycles. The van der Waals surface area contributed by atoms with Crippen molar-refractivity contribution in [3.05, 3.63) is 47.6 Å². The molecule has 0 fully saturated rings. The van der Waals surface area contributed by atoms with Crippen molar-refractivity contribution in [1.82, 2.24) is 24.6 Å². The minimum absolute atomic E-state index is 0.110. The van der Waals surface area contributed by atoms with E-state index in [9.17, 15) is 27.1 Å². The lowest BCUT2D eigenvalue weighted by molar-refractivity contribution is -0.192. The minimum atomic E-state index is -5.08. The molecule has 0 amide bonds. The Morgan fingerprint density at radius 1 is 1.14 bits per heavy atom. The highest BCUT2D eigenvalue weighted by Crippen LogP contribution is 2.36. The number of aliphatic hydroxyl groups excluding tert-OH is 1. The molecule has 4 N–H and O–H groups in total. The average molecular weight is 514 g/mol. The number of carboxylic acid groups (broad SMARTS) is 1. The van der Waals surface area contributed by atoms with Crippen molar-refractivity contribution in [3.63, 3.8) is 0 Å². The molecule has 15 heteroatoms. The summed E-state index contributed by atoms with van der Waals surface area (Å²) in [5, 5.41) is 21.0. The molecule has 10 nitrogen and oxygen atoms in total. The zero-order valence-electron chi connectivity index (χ0n) is 18.9. The number of fused-ring (bicyclic) bond motifs is 1. The number of aryl methyl sites for hydroxylation is 2. The van der Waals surface area contributed by atoms with Crippen LogP contribution in [0.5, 0.6) is 0 Å². The number of anilines is 1. The molecule has 192 valence electrons. The lowest BCUT2D eigenvalue weighted by Gasteiger charge is -2.21. The molecule has 0 aliphatic heterocycles. The number of halogens is 5. The van der Waals surface area contributed by atoms with Crippen LogP contribution in [0.15, 0.2) is 35.0 Å². The maximum absolute atomic E-state index is 14.4. The zero-order valence-corrected chi connectivity index (χ0v) is 18.9. The Labute approximate surface area is 199 Å². The number of rotatable bonds is 4. The van der Waals surface area contributed by atoms with Gasteiger partial charge in [-0.25, -0.2) is 24.3 Å². The van der Waals surface area contributed by atoms with E-state index in [-0.39, 0.29) is 22.9 Å². The van der Waals surface area contributed by atoms with Crippen molar-refractivity contribution in [1.29, 1.82) is 0 Å². The van der Waals surface area contributed by atoms with Gasteiger partial charge in [0.2, 0.25) is 5.82 Å². The van der Waals surface area contributed by atoms with Crippen LogP contribution in [0.25, 0.3) is 28.5 Å². The fourth-order valence-corrected chi connectivity index (χ4v) is 3.00. The zero-order chi connectivity index (χ0) is 27.0. The van der Waals surface area contributed by atoms with Crippen molar-refractivity contribution in [2.24, 2.45) is 0 Å². The first kappa shape index (κ1) is 26.5. The summed E-state index contributed by atoms with van der Waals surface area (Å²) in [5.74, 6) is -5.10. The van der Waals surface area contributed by atoms with Gasteiger partial charge in [-0.05, 0) is 25.5 Å². The van der Waals surface area contributed by atoms with Crippen LogP contribution in [0, 0.1) is 13.8 Å². The number of carbonyl (C=O) groups is 1. The highest BCUT2D eigenvalue weighted by atomic mass is 19.4. The standard InChI is InChI=1S/C19H18F2N6O2.C2HF3O2/c1-9-4-5-12(19(20,21)10(2)28)6-13(9)14-7-24-18-16(22)25-17(26-27(14)18)15-8-23-11(3)29-15;3-2(4,5)1(6)7/h4-8,10,28H,1-3H3,(H2,22,25,26);(H,6,7). The molecule has 1 unspecified atom stereocenters. The van der Waals surface area contributed by atoms with Crippen LogP contribution in [-0.4, -0.2) is 53.0 Å². The summed E-state index contributed by atoms with van der Waals surface area (Å²) in [6.07, 6.45) is -3.95. The van der Waals surface area contributed by atoms with Gasteiger partial charge in [0.1, 0.15) is 6.10 Å². The number of alkyl halides is 5. The predicted octanol–water partition coefficient (Wildman–Crippen LogP) is 3.75. The molecule has 0 aliphatic rings. The fraction of sp³-hybridized carbons (Fsp3) is 0.286. The summed E-state index contributed by atoms with van der Waals surface area (Å²) >= 11 is 0. The lowest BCUT2D eigenvalue weighted by atomic mass is 9.97. The minimum Gasteiger partial charge on any atom is -0.475 e. The number of nitrogens with zero attached hydrogens (tertiary/aromatic N) is 5. The van der Waals surface area contributed by atoms with Crippen molar-refractivity contribution in [2.75, 3.05) is 5.73 Å². The first-order valence-corrected chi connectivity index (χ1v) is 10.0. The van der Waals surface area contributed by atoms with Crippen molar-refractivity contribution >= 4 is 17.4 Å². The summed E-state index contributed by atoms with van der Waals surface area (Å²) in [5.41, 5.74) is 7.65. The molecule has 0 radical (unpaired) electrons. The third-order valence-corrected chi connectivity index (χ3v) is 4.90. The van der Waals surface area contributed by atoms with E-state index in [0.717, 1.165) is 12.5 Å². The van der Waals surface area contributed by atoms with Gasteiger partial charge in [0, 0.05) is 18.1 Å². The van der Waals surface area contributed by atoms with Gasteiger partial charge in [-0.3, -0.25) is 0 Å². The molecule has 3 aromatic heterocycles. The number of aliphatic hydroxyl groups is 1. The second-order valence-electron chi connectivity index (χ2n) is 7.57. The number of hydrogen-bond acceptors (Lipinski definition) is 8. The smallest absolute Gasteiger partial charge is 0.475 e. The Morgan fingerprint density at radius 3 is 2.31 bits per heavy atom. The summed E-state index contributed by atoms with van der Waals surface area (Å²) < 4.78 is 67.3. The van der Waals surface area contributed by atoms with Gasteiger partial charge >= 0.3 is 12.1 Å². The third-order valence-electron chi connectivity index (χ3n) is 4.90. The number of nitrogen functional groups attached to an aromatic ring is 1. The second-order valence-corrected chi connectivity index (χ2v) is 7.57. The molecule has 0 spiro atoms. The summed E-state index contributed by atoms with van der Waals surface area (Å²) in [4.78, 5) is 21.3. The Bertz CT molecular complexity index is 1410. The van der Waals surface area contributed by atoms with Gasteiger partial charge < -0.3 is 20.4 Å². The summed E-state index contributed by atoms with van der Waals surface area (Å²) in [7, 11) is 0. The van der Waals surface area contributed by atoms with E-state index in [1.54, 1.807) is 19.9 Å². The van der Waals surface area contributed by atoms with Gasteiger partial charge in [0.25, 0.3) is 5.92 Å². The maximum Gasteiger partial charge on any atom is 0.490 e. The number of carboxylic acids is 1. The van der Waals surface area contributed by atoms with Crippen LogP contribution in [-0.2, 0) is 10.7 Å². The average Bonchev–Trinajstić information content (AvgIpc) is 3.40. The van der Waals surface area contributed by atoms with Crippen LogP contribution in [0.1, 0.15) is 23.9 Å². The number of nitrogens with two attached hydrogens (primary N) is 1. The molecular formula is C21H19F5N6O4. The first-order chi connectivity index (χ1) is 16.6. The number of oxazole rings is 1. The second kappa shape index (κ2) is 9.49. The Morgan fingerprint density at radius 2 is 1.78 bits per heavy atom. The van der Waals surface area contributed by atoms with Crippen LogP contribution in [0.4, 0.5) is 27.8 Å². The number of aromatic nitrogens is 5. The number of imidazole rings is 1. The normalized spacial score (nSPS) is 12.8. The van der Waals surface area contributed by atoms with E-state index in [0.29, 0.717) is 22.9 Å². The quantitative estimate of drug-likeness (QED) is 0.346. The van der Waals surface area contributed by atoms with Crippen LogP contribution >= 0.6 is 0 Å². The summed E-state index contributed by atoms with van der Waals surface area (Å²) in [6.45, 7) is 4.52. The van der Waals surface area contributed by atoms with E-state index in [2.05, 4.69) is 20.1 Å². The van der Waals surface area contributed by atoms with Gasteiger partial charge in [0.15, 0.2) is 23.1 Å². The number of aliphatic carboxylic acids is 1. The van der Waals surface area contributed by atoms with Crippen molar-refractivity contribution in [2.45, 2.75) is 39.0 Å². The van der Waals surface area contributed by atoms with Gasteiger partial charge in [-0.15, -0.1) is 5.10 Å². The molecule has 1 atom stereocenters. The highest BCUT2D eigenvalue weighted by molar-refractivity contribution is 5.73. The van der Waals surface area contributed by atoms with E-state index < -0.39 is 24.2 Å². The Balaban J connectivity index is 0.000000454. The van der Waals surface area contributed by atoms with Gasteiger partial charge in [-0.1, -0.05) is 12.1 Å². The van der Waals surface area contributed by atoms with Crippen LogP contribution in [0.2, 0.25) is 0 Å². The number of hydrogen-bond donors (Lipinski definition) is 3. The highest BCUT2D eigenvalue weighted by Gasteiger charge is 2.38. The molecule has 0 aliphatic carbocycles. The molecule has 36 heavy (non-hydrogen) atoms. The predicted molar refractivity (Wildman–Crippen MR) is 115 cm³/mol. The molecule has 0 saturated heterocycles. The molecular weight excluding hydrogens is 495 g/mol. The Hall–Kier alpha value is -4.14. The topological polar surface area (TPSA) is 153 Å². The molecule has 0 saturated carbocycles. The third kappa shape index (κ3) is 5.25. The molecule has 0 bridgehead atoms. The monoisotopic (exact) mass is 514 g/mol. The van der Waals surface area contributed by atoms with Crippen molar-refractivity contribution < 1.29 is 41.4 Å². The first-order valence-electron chi connectivity index (χ1n) is 10.0. The lowest BCUT2D eigenvalue weighted by Crippen LogP contribution is -2.28. The number of benzene rings is 1. The SMILES string of the molecule is Cc1ncc(-c2nc(N)c3ncc(-c4cc(C(F)(F)C(C)O)ccc4C)n3n2)o1.O=C(O)C(F)(F)F. The van der Waals surface area contributed by atoms with E-state index in [4.69, 9.17) is 20.1 Å². The van der Waals surface area contributed by atoms with Gasteiger partial charge in [-0.2, -0.15) is 22.0 Å². The van der Waals surface area contributed by atoms with Gasteiger partial charge in [0.05, 0.1) is 18.1 Å². The van der Waals surface area contributed by atoms with Crippen LogP contribution in [0.3, 0.4) is 0 Å². The largest absolute Gasteiger partial charge is 0.490 e. The van der Waals surface area contributed by atoms with E-state index in [1.165, 1.54) is 29.0 Å². The summed E-state index contributed by atoms with van der Waals surface area (Å²) in [6, 6.07) is 4.18. The van der Waals surface area contributed by atoms with Crippen molar-refractivity contribution in [3.8, 4) is 22.8 Å².